The van der Waals surface area contributed by atoms with Crippen LogP contribution in [0.4, 0.5) is 0 Å². The number of fused-ring (bicyclic) bond motifs is 2. The fraction of sp³-hybridized carbons (Fsp3) is 0.571. The molecule has 0 aliphatic carbocycles. The van der Waals surface area contributed by atoms with Crippen LogP contribution in [0.1, 0.15) is 116 Å². The number of benzene rings is 2. The number of likely N-dealkylation sites (tertiary alicyclic amines) is 4. The summed E-state index contributed by atoms with van der Waals surface area (Å²) >= 11 is 0. The van der Waals surface area contributed by atoms with E-state index in [4.69, 9.17) is 9.97 Å². The average molecular weight is 735 g/mol. The molecule has 4 fully saturated rings. The number of rotatable bonds is 11. The van der Waals surface area contributed by atoms with Gasteiger partial charge in [-0.3, -0.25) is 19.2 Å². The lowest BCUT2D eigenvalue weighted by molar-refractivity contribution is -0.145. The molecule has 4 amide bonds. The normalized spacial score (nSPS) is 22.0. The SMILES string of the molecule is CC(C)C[C@@H](C(=O)N1CCC[C@H]1c1nc2ccc(-c3ccc4nc([C@@H]5CCCN5C(=O)[C@H](CC(C)C)N5CCCC5=O)[nH]c4c3)cc2[nH]1)N1CCCC1=O. The molecule has 6 heterocycles. The molecule has 8 rings (SSSR count). The van der Waals surface area contributed by atoms with Crippen LogP contribution in [0.15, 0.2) is 36.4 Å². The first-order valence-corrected chi connectivity index (χ1v) is 20.2. The van der Waals surface area contributed by atoms with E-state index in [2.05, 4.69) is 61.9 Å². The van der Waals surface area contributed by atoms with Gasteiger partial charge in [0.25, 0.3) is 0 Å². The predicted octanol–water partition coefficient (Wildman–Crippen LogP) is 6.51. The van der Waals surface area contributed by atoms with E-state index in [1.807, 2.05) is 31.7 Å². The van der Waals surface area contributed by atoms with Gasteiger partial charge in [-0.15, -0.1) is 0 Å². The molecule has 4 aliphatic heterocycles. The fourth-order valence-corrected chi connectivity index (χ4v) is 9.36. The molecular weight excluding hydrogens is 681 g/mol. The maximum Gasteiger partial charge on any atom is 0.246 e. The Morgan fingerprint density at radius 3 is 1.44 bits per heavy atom. The van der Waals surface area contributed by atoms with E-state index in [9.17, 15) is 19.2 Å². The zero-order valence-corrected chi connectivity index (χ0v) is 32.1. The van der Waals surface area contributed by atoms with Crippen LogP contribution in [0.5, 0.6) is 0 Å². The molecule has 4 aliphatic rings. The van der Waals surface area contributed by atoms with Crippen molar-refractivity contribution in [1.82, 2.24) is 39.5 Å². The van der Waals surface area contributed by atoms with Gasteiger partial charge in [-0.2, -0.15) is 0 Å². The maximum atomic E-state index is 14.1. The summed E-state index contributed by atoms with van der Waals surface area (Å²) in [5.74, 6) is 2.43. The largest absolute Gasteiger partial charge is 0.340 e. The third kappa shape index (κ3) is 6.88. The Morgan fingerprint density at radius 1 is 0.648 bits per heavy atom. The molecule has 0 saturated carbocycles. The van der Waals surface area contributed by atoms with E-state index in [1.165, 1.54) is 0 Å². The van der Waals surface area contributed by atoms with Crippen molar-refractivity contribution in [3.05, 3.63) is 48.0 Å². The highest BCUT2D eigenvalue weighted by atomic mass is 16.2. The van der Waals surface area contributed by atoms with Crippen LogP contribution < -0.4 is 0 Å². The van der Waals surface area contributed by atoms with Crippen LogP contribution in [0.3, 0.4) is 0 Å². The second-order valence-corrected chi connectivity index (χ2v) is 16.8. The van der Waals surface area contributed by atoms with E-state index in [0.717, 1.165) is 83.4 Å². The van der Waals surface area contributed by atoms with Crippen LogP contribution in [0, 0.1) is 11.8 Å². The van der Waals surface area contributed by atoms with Crippen LogP contribution in [0.2, 0.25) is 0 Å². The highest BCUT2D eigenvalue weighted by molar-refractivity contribution is 5.91. The van der Waals surface area contributed by atoms with E-state index in [-0.39, 0.29) is 35.7 Å². The lowest BCUT2D eigenvalue weighted by Gasteiger charge is -2.33. The van der Waals surface area contributed by atoms with Gasteiger partial charge in [0, 0.05) is 39.0 Å². The van der Waals surface area contributed by atoms with Crippen molar-refractivity contribution in [3.63, 3.8) is 0 Å². The number of carbonyl (C=O) groups is 4. The van der Waals surface area contributed by atoms with Crippen LogP contribution >= 0.6 is 0 Å². The molecular formula is C42H54N8O4. The van der Waals surface area contributed by atoms with Crippen molar-refractivity contribution in [2.75, 3.05) is 26.2 Å². The summed E-state index contributed by atoms with van der Waals surface area (Å²) in [6, 6.07) is 11.3. The molecule has 0 unspecified atom stereocenters. The summed E-state index contributed by atoms with van der Waals surface area (Å²) in [6.07, 6.45) is 7.46. The second kappa shape index (κ2) is 14.8. The number of nitrogens with one attached hydrogen (secondary N) is 2. The number of aromatic amines is 2. The van der Waals surface area contributed by atoms with Crippen LogP contribution in [-0.4, -0.2) is 101 Å². The summed E-state index contributed by atoms with van der Waals surface area (Å²) in [5.41, 5.74) is 5.59. The lowest BCUT2D eigenvalue weighted by atomic mass is 10.0. The Morgan fingerprint density at radius 2 is 1.07 bits per heavy atom. The Hall–Kier alpha value is -4.74. The number of amides is 4. The highest BCUT2D eigenvalue weighted by Gasteiger charge is 2.42. The molecule has 0 bridgehead atoms. The van der Waals surface area contributed by atoms with Gasteiger partial charge in [-0.05, 0) is 98.6 Å². The Labute approximate surface area is 317 Å². The van der Waals surface area contributed by atoms with E-state index >= 15 is 0 Å². The topological polar surface area (TPSA) is 139 Å². The van der Waals surface area contributed by atoms with Gasteiger partial charge in [0.2, 0.25) is 23.6 Å². The van der Waals surface area contributed by atoms with Crippen LogP contribution in [0.25, 0.3) is 33.2 Å². The zero-order chi connectivity index (χ0) is 37.7. The minimum atomic E-state index is -0.422. The monoisotopic (exact) mass is 734 g/mol. The Kier molecular flexibility index (Phi) is 9.95. The number of nitrogens with zero attached hydrogens (tertiary/aromatic N) is 6. The molecule has 4 atom stereocenters. The number of imidazole rings is 2. The first-order chi connectivity index (χ1) is 26.0. The second-order valence-electron chi connectivity index (χ2n) is 16.8. The van der Waals surface area contributed by atoms with E-state index in [1.54, 1.807) is 0 Å². The molecule has 4 saturated heterocycles. The maximum absolute atomic E-state index is 14.1. The molecule has 4 aromatic rings. The molecule has 2 aromatic carbocycles. The van der Waals surface area contributed by atoms with Crippen molar-refractivity contribution in [2.45, 2.75) is 116 Å². The van der Waals surface area contributed by atoms with Crippen molar-refractivity contribution < 1.29 is 19.2 Å². The van der Waals surface area contributed by atoms with Gasteiger partial charge in [0.15, 0.2) is 0 Å². The lowest BCUT2D eigenvalue weighted by Crippen LogP contribution is -2.49. The first-order valence-electron chi connectivity index (χ1n) is 20.2. The summed E-state index contributed by atoms with van der Waals surface area (Å²) in [5, 5.41) is 0. The first kappa shape index (κ1) is 36.2. The molecule has 54 heavy (non-hydrogen) atoms. The summed E-state index contributed by atoms with van der Waals surface area (Å²) in [4.78, 5) is 78.2. The number of carbonyl (C=O) groups excluding carboxylic acids is 4. The predicted molar refractivity (Wildman–Crippen MR) is 207 cm³/mol. The number of H-pyrrole nitrogens is 2. The molecule has 286 valence electrons. The third-order valence-corrected chi connectivity index (χ3v) is 12.0. The van der Waals surface area contributed by atoms with Gasteiger partial charge in [-0.1, -0.05) is 39.8 Å². The average Bonchev–Trinajstić information content (AvgIpc) is 3.99. The Balaban J connectivity index is 1.01. The zero-order valence-electron chi connectivity index (χ0n) is 32.1. The molecule has 2 aromatic heterocycles. The number of hydrogen-bond acceptors (Lipinski definition) is 6. The number of hydrogen-bond donors (Lipinski definition) is 2. The van der Waals surface area contributed by atoms with Gasteiger partial charge >= 0.3 is 0 Å². The molecule has 2 N–H and O–H groups in total. The number of aromatic nitrogens is 4. The minimum Gasteiger partial charge on any atom is -0.340 e. The van der Waals surface area contributed by atoms with Crippen molar-refractivity contribution in [1.29, 1.82) is 0 Å². The quantitative estimate of drug-likeness (QED) is 0.180. The van der Waals surface area contributed by atoms with Gasteiger partial charge in [-0.25, -0.2) is 9.97 Å². The molecule has 0 radical (unpaired) electrons. The minimum absolute atomic E-state index is 0.0389. The van der Waals surface area contributed by atoms with Crippen LogP contribution in [-0.2, 0) is 19.2 Å². The van der Waals surface area contributed by atoms with Crippen molar-refractivity contribution >= 4 is 45.7 Å². The standard InChI is InChI=1S/C42H54N8O4/c1-25(2)21-35(47-17-7-11-37(47)51)41(53)49-19-5-9-33(49)39-43-29-15-13-27(23-31(29)45-39)28-14-16-30-32(24-28)46-40(44-30)34-10-6-20-50(34)42(54)36(22-26(3)4)48-18-8-12-38(48)52/h13-16,23-26,33-36H,5-12,17-22H2,1-4H3,(H,43,45)(H,44,46)/t33-,34-,35-,36-/m0/s1. The van der Waals surface area contributed by atoms with Gasteiger partial charge in [0.1, 0.15) is 23.7 Å². The molecule has 0 spiro atoms. The van der Waals surface area contributed by atoms with E-state index < -0.39 is 12.1 Å². The fourth-order valence-electron chi connectivity index (χ4n) is 9.36. The van der Waals surface area contributed by atoms with Crippen molar-refractivity contribution in [2.24, 2.45) is 11.8 Å². The highest BCUT2D eigenvalue weighted by Crippen LogP contribution is 2.37. The summed E-state index contributed by atoms with van der Waals surface area (Å²) < 4.78 is 0. The van der Waals surface area contributed by atoms with Gasteiger partial charge < -0.3 is 29.6 Å². The molecule has 12 nitrogen and oxygen atoms in total. The van der Waals surface area contributed by atoms with Crippen molar-refractivity contribution in [3.8, 4) is 11.1 Å². The van der Waals surface area contributed by atoms with Gasteiger partial charge in [0.05, 0.1) is 34.2 Å². The molecule has 12 heteroatoms. The summed E-state index contributed by atoms with van der Waals surface area (Å²) in [6.45, 7) is 11.1. The third-order valence-electron chi connectivity index (χ3n) is 12.0. The van der Waals surface area contributed by atoms with E-state index in [0.29, 0.717) is 63.7 Å². The smallest absolute Gasteiger partial charge is 0.246 e. The Bertz CT molecular complexity index is 1920. The summed E-state index contributed by atoms with van der Waals surface area (Å²) in [7, 11) is 0.